The molecular weight excluding hydrogens is 437 g/mol. The Labute approximate surface area is 144 Å². The van der Waals surface area contributed by atoms with E-state index in [2.05, 4.69) is 110 Å². The van der Waals surface area contributed by atoms with Crippen LogP contribution in [-0.4, -0.2) is 4.57 Å². The van der Waals surface area contributed by atoms with Gasteiger partial charge in [-0.2, -0.15) is 0 Å². The van der Waals surface area contributed by atoms with Crippen LogP contribution in [0.2, 0.25) is 0 Å². The van der Waals surface area contributed by atoms with Crippen LogP contribution in [0.5, 0.6) is 0 Å². The number of hydrogen-bond donors (Lipinski definition) is 0. The molecule has 1 aromatic heterocycles. The summed E-state index contributed by atoms with van der Waals surface area (Å²) in [6, 6.07) is 23.6. The molecule has 0 spiro atoms. The summed E-state index contributed by atoms with van der Waals surface area (Å²) in [5.41, 5.74) is 3.65. The SMILES string of the molecule is Brc1ccc(I)cc1-n1c2ccccc2c2ccccc21. The number of aromatic nitrogens is 1. The predicted molar refractivity (Wildman–Crippen MR) is 101 cm³/mol. The summed E-state index contributed by atoms with van der Waals surface area (Å²) < 4.78 is 4.67. The van der Waals surface area contributed by atoms with Crippen LogP contribution < -0.4 is 0 Å². The van der Waals surface area contributed by atoms with Gasteiger partial charge in [0.1, 0.15) is 0 Å². The molecule has 0 amide bonds. The molecule has 0 bridgehead atoms. The van der Waals surface area contributed by atoms with Crippen LogP contribution in [0.4, 0.5) is 0 Å². The minimum atomic E-state index is 1.11. The van der Waals surface area contributed by atoms with Gasteiger partial charge < -0.3 is 4.57 Å². The second-order valence-corrected chi connectivity index (χ2v) is 7.07. The lowest BCUT2D eigenvalue weighted by molar-refractivity contribution is 1.16. The number of nitrogens with zero attached hydrogens (tertiary/aromatic N) is 1. The Hall–Kier alpha value is -1.33. The van der Waals surface area contributed by atoms with Gasteiger partial charge >= 0.3 is 0 Å². The van der Waals surface area contributed by atoms with E-state index >= 15 is 0 Å². The molecule has 3 heteroatoms. The average Bonchev–Trinajstić information content (AvgIpc) is 2.84. The van der Waals surface area contributed by atoms with E-state index in [1.54, 1.807) is 0 Å². The van der Waals surface area contributed by atoms with Crippen molar-refractivity contribution in [3.63, 3.8) is 0 Å². The molecule has 0 atom stereocenters. The first-order valence-corrected chi connectivity index (χ1v) is 8.56. The molecule has 0 aliphatic carbocycles. The fourth-order valence-electron chi connectivity index (χ4n) is 2.84. The fourth-order valence-corrected chi connectivity index (χ4v) is 3.74. The molecule has 0 aliphatic heterocycles. The lowest BCUT2D eigenvalue weighted by atomic mass is 10.2. The molecule has 0 saturated heterocycles. The zero-order valence-corrected chi connectivity index (χ0v) is 14.8. The zero-order chi connectivity index (χ0) is 14.4. The lowest BCUT2D eigenvalue weighted by Crippen LogP contribution is -1.95. The molecule has 21 heavy (non-hydrogen) atoms. The first-order chi connectivity index (χ1) is 10.3. The van der Waals surface area contributed by atoms with Gasteiger partial charge in [0.2, 0.25) is 0 Å². The van der Waals surface area contributed by atoms with Crippen LogP contribution in [-0.2, 0) is 0 Å². The Bertz CT molecular complexity index is 918. The molecule has 4 aromatic rings. The van der Waals surface area contributed by atoms with Crippen molar-refractivity contribution in [3.8, 4) is 5.69 Å². The second kappa shape index (κ2) is 5.14. The maximum absolute atomic E-state index is 3.70. The number of para-hydroxylation sites is 2. The van der Waals surface area contributed by atoms with Crippen molar-refractivity contribution >= 4 is 60.3 Å². The largest absolute Gasteiger partial charge is 0.308 e. The average molecular weight is 448 g/mol. The van der Waals surface area contributed by atoms with Gasteiger partial charge in [-0.05, 0) is 68.9 Å². The Morgan fingerprint density at radius 3 is 1.95 bits per heavy atom. The molecule has 4 rings (SSSR count). The van der Waals surface area contributed by atoms with E-state index in [-0.39, 0.29) is 0 Å². The quantitative estimate of drug-likeness (QED) is 0.308. The highest BCUT2D eigenvalue weighted by Crippen LogP contribution is 2.34. The Kier molecular flexibility index (Phi) is 3.27. The van der Waals surface area contributed by atoms with Crippen molar-refractivity contribution < 1.29 is 0 Å². The van der Waals surface area contributed by atoms with Crippen molar-refractivity contribution in [2.45, 2.75) is 0 Å². The van der Waals surface area contributed by atoms with Gasteiger partial charge in [-0.1, -0.05) is 36.4 Å². The maximum atomic E-state index is 3.70. The van der Waals surface area contributed by atoms with Crippen LogP contribution in [0.25, 0.3) is 27.5 Å². The van der Waals surface area contributed by atoms with Crippen LogP contribution in [0, 0.1) is 3.57 Å². The molecule has 0 aliphatic rings. The third-order valence-corrected chi connectivity index (χ3v) is 5.07. The molecular formula is C18H11BrIN. The summed E-state index contributed by atoms with van der Waals surface area (Å²) in [7, 11) is 0. The third kappa shape index (κ3) is 2.10. The van der Waals surface area contributed by atoms with Gasteiger partial charge in [0.25, 0.3) is 0 Å². The lowest BCUT2D eigenvalue weighted by Gasteiger charge is -2.10. The van der Waals surface area contributed by atoms with Crippen LogP contribution in [0.3, 0.4) is 0 Å². The minimum absolute atomic E-state index is 1.11. The van der Waals surface area contributed by atoms with E-state index in [0.29, 0.717) is 0 Å². The normalized spacial score (nSPS) is 11.3. The van der Waals surface area contributed by atoms with E-state index < -0.39 is 0 Å². The van der Waals surface area contributed by atoms with Gasteiger partial charge in [0, 0.05) is 18.8 Å². The van der Waals surface area contributed by atoms with E-state index in [4.69, 9.17) is 0 Å². The van der Waals surface area contributed by atoms with Crippen molar-refractivity contribution in [2.75, 3.05) is 0 Å². The summed E-state index contributed by atoms with van der Waals surface area (Å²) >= 11 is 6.06. The highest BCUT2D eigenvalue weighted by atomic mass is 127. The highest BCUT2D eigenvalue weighted by molar-refractivity contribution is 14.1. The number of hydrogen-bond acceptors (Lipinski definition) is 0. The number of benzene rings is 3. The van der Waals surface area contributed by atoms with Crippen LogP contribution in [0.1, 0.15) is 0 Å². The number of fused-ring (bicyclic) bond motifs is 3. The number of halogens is 2. The molecule has 0 unspecified atom stereocenters. The van der Waals surface area contributed by atoms with E-state index in [1.165, 1.54) is 31.1 Å². The molecule has 0 radical (unpaired) electrons. The van der Waals surface area contributed by atoms with Crippen molar-refractivity contribution in [1.29, 1.82) is 0 Å². The van der Waals surface area contributed by atoms with Gasteiger partial charge in [-0.15, -0.1) is 0 Å². The second-order valence-electron chi connectivity index (χ2n) is 4.97. The van der Waals surface area contributed by atoms with E-state index in [0.717, 1.165) is 4.47 Å². The van der Waals surface area contributed by atoms with E-state index in [1.807, 2.05) is 0 Å². The van der Waals surface area contributed by atoms with Crippen molar-refractivity contribution in [2.24, 2.45) is 0 Å². The van der Waals surface area contributed by atoms with Crippen molar-refractivity contribution in [3.05, 3.63) is 74.8 Å². The van der Waals surface area contributed by atoms with Crippen LogP contribution in [0.15, 0.2) is 71.2 Å². The predicted octanol–water partition coefficient (Wildman–Crippen LogP) is 6.15. The molecule has 0 N–H and O–H groups in total. The van der Waals surface area contributed by atoms with Crippen molar-refractivity contribution in [1.82, 2.24) is 4.57 Å². The molecule has 0 saturated carbocycles. The summed E-state index contributed by atoms with van der Waals surface area (Å²) in [5, 5.41) is 2.58. The zero-order valence-electron chi connectivity index (χ0n) is 11.1. The molecule has 1 nitrogen and oxygen atoms in total. The summed E-state index contributed by atoms with van der Waals surface area (Å²) in [6.45, 7) is 0. The van der Waals surface area contributed by atoms with Gasteiger partial charge in [-0.3, -0.25) is 0 Å². The summed E-state index contributed by atoms with van der Waals surface area (Å²) in [6.07, 6.45) is 0. The Balaban J connectivity index is 2.23. The van der Waals surface area contributed by atoms with Gasteiger partial charge in [0.05, 0.1) is 16.7 Å². The highest BCUT2D eigenvalue weighted by Gasteiger charge is 2.13. The molecule has 102 valence electrons. The smallest absolute Gasteiger partial charge is 0.0614 e. The molecule has 3 aromatic carbocycles. The number of rotatable bonds is 1. The van der Waals surface area contributed by atoms with Gasteiger partial charge in [-0.25, -0.2) is 0 Å². The Morgan fingerprint density at radius 1 is 0.762 bits per heavy atom. The van der Waals surface area contributed by atoms with Crippen LogP contribution >= 0.6 is 38.5 Å². The summed E-state index contributed by atoms with van der Waals surface area (Å²) in [4.78, 5) is 0. The minimum Gasteiger partial charge on any atom is -0.308 e. The Morgan fingerprint density at radius 2 is 1.33 bits per heavy atom. The monoisotopic (exact) mass is 447 g/mol. The van der Waals surface area contributed by atoms with Gasteiger partial charge in [0.15, 0.2) is 0 Å². The fraction of sp³-hybridized carbons (Fsp3) is 0. The topological polar surface area (TPSA) is 4.93 Å². The van der Waals surface area contributed by atoms with E-state index in [9.17, 15) is 0 Å². The summed E-state index contributed by atoms with van der Waals surface area (Å²) in [5.74, 6) is 0. The first-order valence-electron chi connectivity index (χ1n) is 6.69. The molecule has 0 fully saturated rings. The molecule has 1 heterocycles. The third-order valence-electron chi connectivity index (χ3n) is 3.73. The maximum Gasteiger partial charge on any atom is 0.0614 e. The first kappa shape index (κ1) is 13.3. The standard InChI is InChI=1S/C18H11BrIN/c19-15-10-9-12(20)11-18(15)21-16-7-3-1-5-13(16)14-6-2-4-8-17(14)21/h1-11H.